The molecule has 0 aromatic carbocycles. The Labute approximate surface area is 116 Å². The number of carbonyl (C=O) groups is 1. The fourth-order valence-electron chi connectivity index (χ4n) is 1.63. The van der Waals surface area contributed by atoms with E-state index < -0.39 is 10.8 Å². The summed E-state index contributed by atoms with van der Waals surface area (Å²) in [4.78, 5) is 11.4. The Morgan fingerprint density at radius 3 is 2.22 bits per heavy atom. The molecule has 0 aliphatic heterocycles. The van der Waals surface area contributed by atoms with Gasteiger partial charge in [0.1, 0.15) is 5.75 Å². The summed E-state index contributed by atoms with van der Waals surface area (Å²) in [5, 5.41) is 10.2. The first-order chi connectivity index (χ1) is 8.72. The average Bonchev–Trinajstić information content (AvgIpc) is 3.02. The molecule has 0 spiro atoms. The van der Waals surface area contributed by atoms with Gasteiger partial charge >= 0.3 is 0 Å². The molecule has 0 fully saturated rings. The molecule has 18 heavy (non-hydrogen) atoms. The van der Waals surface area contributed by atoms with Crippen LogP contribution in [0.2, 0.25) is 0 Å². The monoisotopic (exact) mass is 299 g/mol. The Hall–Kier alpha value is -0.980. The zero-order valence-electron chi connectivity index (χ0n) is 9.79. The predicted octanol–water partition coefficient (Wildman–Crippen LogP) is 2.39. The van der Waals surface area contributed by atoms with E-state index in [9.17, 15) is 9.00 Å². The Kier molecular flexibility index (Phi) is 4.68. The zero-order valence-corrected chi connectivity index (χ0v) is 12.2. The van der Waals surface area contributed by atoms with E-state index in [2.05, 4.69) is 5.32 Å². The molecular weight excluding hydrogens is 286 g/mol. The van der Waals surface area contributed by atoms with E-state index in [4.69, 9.17) is 0 Å². The molecule has 0 radical (unpaired) electrons. The fourth-order valence-corrected chi connectivity index (χ4v) is 4.64. The largest absolute Gasteiger partial charge is 0.358 e. The van der Waals surface area contributed by atoms with Gasteiger partial charge in [-0.2, -0.15) is 22.7 Å². The van der Waals surface area contributed by atoms with E-state index in [1.54, 1.807) is 29.7 Å². The summed E-state index contributed by atoms with van der Waals surface area (Å²) in [7, 11) is 0.314. The second-order valence-corrected chi connectivity index (χ2v) is 6.77. The lowest BCUT2D eigenvalue weighted by atomic mass is 10.1. The third-order valence-corrected chi connectivity index (χ3v) is 5.53. The summed E-state index contributed by atoms with van der Waals surface area (Å²) in [6, 6.07) is 3.93. The van der Waals surface area contributed by atoms with Crippen molar-refractivity contribution in [2.45, 2.75) is 5.25 Å². The maximum absolute atomic E-state index is 12.4. The molecule has 1 atom stereocenters. The van der Waals surface area contributed by atoms with Crippen molar-refractivity contribution < 1.29 is 9.00 Å². The summed E-state index contributed by atoms with van der Waals surface area (Å²) < 4.78 is 12.4. The molecule has 0 bridgehead atoms. The molecule has 1 N–H and O–H groups in total. The summed E-state index contributed by atoms with van der Waals surface area (Å²) in [6.45, 7) is 0. The van der Waals surface area contributed by atoms with Gasteiger partial charge in [-0.15, -0.1) is 0 Å². The predicted molar refractivity (Wildman–Crippen MR) is 77.6 cm³/mol. The fraction of sp³-hybridized carbons (Fsp3) is 0.250. The SMILES string of the molecule is CNC(=O)CS(=O)C(c1ccsc1)c1ccsc1. The molecule has 2 aromatic heterocycles. The van der Waals surface area contributed by atoms with Crippen LogP contribution in [-0.2, 0) is 15.6 Å². The maximum Gasteiger partial charge on any atom is 0.232 e. The number of hydrogen-bond donors (Lipinski definition) is 1. The van der Waals surface area contributed by atoms with E-state index in [1.165, 1.54) is 0 Å². The zero-order chi connectivity index (χ0) is 13.0. The van der Waals surface area contributed by atoms with Crippen LogP contribution >= 0.6 is 22.7 Å². The first kappa shape index (κ1) is 13.5. The van der Waals surface area contributed by atoms with Gasteiger partial charge in [0.05, 0.1) is 5.25 Å². The van der Waals surface area contributed by atoms with E-state index in [1.807, 2.05) is 33.7 Å². The lowest BCUT2D eigenvalue weighted by Gasteiger charge is -2.14. The van der Waals surface area contributed by atoms with Gasteiger partial charge < -0.3 is 5.32 Å². The van der Waals surface area contributed by atoms with Crippen molar-refractivity contribution in [2.75, 3.05) is 12.8 Å². The van der Waals surface area contributed by atoms with Crippen LogP contribution < -0.4 is 5.32 Å². The highest BCUT2D eigenvalue weighted by atomic mass is 32.2. The topological polar surface area (TPSA) is 46.2 Å². The van der Waals surface area contributed by atoms with E-state index in [0.717, 1.165) is 11.1 Å². The lowest BCUT2D eigenvalue weighted by Crippen LogP contribution is -2.26. The van der Waals surface area contributed by atoms with Gasteiger partial charge in [-0.05, 0) is 44.8 Å². The second kappa shape index (κ2) is 6.26. The number of thiophene rings is 2. The number of rotatable bonds is 5. The minimum Gasteiger partial charge on any atom is -0.358 e. The molecular formula is C12H13NO2S3. The Morgan fingerprint density at radius 1 is 1.28 bits per heavy atom. The number of carbonyl (C=O) groups excluding carboxylic acids is 1. The standard InChI is InChI=1S/C12H13NO2S3/c1-13-11(14)8-18(15)12(9-2-4-16-6-9)10-3-5-17-7-10/h2-7,12H,8H2,1H3,(H,13,14). The van der Waals surface area contributed by atoms with E-state index in [0.29, 0.717) is 0 Å². The Balaban J connectivity index is 2.26. The van der Waals surface area contributed by atoms with Crippen LogP contribution in [0.25, 0.3) is 0 Å². The molecule has 2 rings (SSSR count). The van der Waals surface area contributed by atoms with E-state index >= 15 is 0 Å². The van der Waals surface area contributed by atoms with Crippen LogP contribution in [0.3, 0.4) is 0 Å². The van der Waals surface area contributed by atoms with Crippen molar-refractivity contribution in [2.24, 2.45) is 0 Å². The van der Waals surface area contributed by atoms with Crippen molar-refractivity contribution in [3.8, 4) is 0 Å². The quantitative estimate of drug-likeness (QED) is 0.921. The average molecular weight is 299 g/mol. The molecule has 0 saturated carbocycles. The first-order valence-electron chi connectivity index (χ1n) is 5.34. The highest BCUT2D eigenvalue weighted by Gasteiger charge is 2.23. The van der Waals surface area contributed by atoms with Crippen molar-refractivity contribution in [1.82, 2.24) is 5.32 Å². The number of hydrogen-bond acceptors (Lipinski definition) is 4. The van der Waals surface area contributed by atoms with Gasteiger partial charge in [0, 0.05) is 17.8 Å². The second-order valence-electron chi connectivity index (χ2n) is 3.69. The lowest BCUT2D eigenvalue weighted by molar-refractivity contribution is -0.118. The highest BCUT2D eigenvalue weighted by Crippen LogP contribution is 2.31. The molecule has 96 valence electrons. The summed E-state index contributed by atoms with van der Waals surface area (Å²) >= 11 is 3.15. The molecule has 2 aromatic rings. The molecule has 6 heteroatoms. The van der Waals surface area contributed by atoms with Crippen molar-refractivity contribution in [3.63, 3.8) is 0 Å². The molecule has 0 aliphatic carbocycles. The van der Waals surface area contributed by atoms with Crippen molar-refractivity contribution in [3.05, 3.63) is 44.8 Å². The molecule has 0 saturated heterocycles. The summed E-state index contributed by atoms with van der Waals surface area (Å²) in [6.07, 6.45) is 0. The molecule has 0 aliphatic rings. The summed E-state index contributed by atoms with van der Waals surface area (Å²) in [5.74, 6) is -0.156. The minimum absolute atomic E-state index is 0.0346. The Bertz CT molecular complexity index is 485. The van der Waals surface area contributed by atoms with Gasteiger partial charge in [0.2, 0.25) is 5.91 Å². The third-order valence-electron chi connectivity index (χ3n) is 2.51. The van der Waals surface area contributed by atoms with Gasteiger partial charge in [-0.1, -0.05) is 0 Å². The Morgan fingerprint density at radius 2 is 1.83 bits per heavy atom. The normalized spacial score (nSPS) is 12.6. The van der Waals surface area contributed by atoms with Gasteiger partial charge in [0.25, 0.3) is 0 Å². The van der Waals surface area contributed by atoms with Crippen LogP contribution in [0.5, 0.6) is 0 Å². The molecule has 2 heterocycles. The van der Waals surface area contributed by atoms with Crippen molar-refractivity contribution in [1.29, 1.82) is 0 Å². The maximum atomic E-state index is 12.4. The molecule has 1 amide bonds. The van der Waals surface area contributed by atoms with Crippen LogP contribution in [0.4, 0.5) is 0 Å². The van der Waals surface area contributed by atoms with Crippen LogP contribution in [0.15, 0.2) is 33.7 Å². The van der Waals surface area contributed by atoms with Crippen LogP contribution in [0, 0.1) is 0 Å². The third kappa shape index (κ3) is 3.07. The molecule has 3 nitrogen and oxygen atoms in total. The van der Waals surface area contributed by atoms with Crippen LogP contribution in [-0.4, -0.2) is 22.9 Å². The minimum atomic E-state index is -1.25. The van der Waals surface area contributed by atoms with Gasteiger partial charge in [-0.25, -0.2) is 0 Å². The number of amides is 1. The first-order valence-corrected chi connectivity index (χ1v) is 8.61. The van der Waals surface area contributed by atoms with Crippen molar-refractivity contribution >= 4 is 39.4 Å². The van der Waals surface area contributed by atoms with Gasteiger partial charge in [0.15, 0.2) is 0 Å². The highest BCUT2D eigenvalue weighted by molar-refractivity contribution is 7.86. The van der Waals surface area contributed by atoms with E-state index in [-0.39, 0.29) is 16.9 Å². The molecule has 1 unspecified atom stereocenters. The summed E-state index contributed by atoms with van der Waals surface area (Å²) in [5.41, 5.74) is 2.03. The number of nitrogens with one attached hydrogen (secondary N) is 1. The smallest absolute Gasteiger partial charge is 0.232 e. The van der Waals surface area contributed by atoms with Crippen LogP contribution in [0.1, 0.15) is 16.4 Å². The van der Waals surface area contributed by atoms with Gasteiger partial charge in [-0.3, -0.25) is 9.00 Å².